The number of carbonyl (C=O) groups is 2. The van der Waals surface area contributed by atoms with Gasteiger partial charge >= 0.3 is 0 Å². The minimum atomic E-state index is -0.727. The second kappa shape index (κ2) is 10.5. The van der Waals surface area contributed by atoms with E-state index in [1.54, 1.807) is 48.5 Å². The van der Waals surface area contributed by atoms with Crippen LogP contribution < -0.4 is 0 Å². The summed E-state index contributed by atoms with van der Waals surface area (Å²) in [5.74, 6) is -0.437. The van der Waals surface area contributed by atoms with E-state index in [-0.39, 0.29) is 27.3 Å². The zero-order valence-corrected chi connectivity index (χ0v) is 16.8. The van der Waals surface area contributed by atoms with Gasteiger partial charge in [-0.25, -0.2) is 0 Å². The number of hydrogen-bond donors (Lipinski definition) is 0. The lowest BCUT2D eigenvalue weighted by atomic mass is 10.1. The largest absolute Gasteiger partial charge is 0.297 e. The molecule has 0 atom stereocenters. The van der Waals surface area contributed by atoms with Crippen LogP contribution in [0.4, 0.5) is 0 Å². The van der Waals surface area contributed by atoms with Crippen LogP contribution in [0.5, 0.6) is 0 Å². The first kappa shape index (κ1) is 21.5. The van der Waals surface area contributed by atoms with Crippen LogP contribution in [-0.4, -0.2) is 28.0 Å². The van der Waals surface area contributed by atoms with E-state index in [9.17, 15) is 19.7 Å². The highest BCUT2D eigenvalue weighted by Gasteiger charge is 2.10. The maximum Gasteiger partial charge on any atom is 0.172 e. The maximum atomic E-state index is 12.2. The van der Waals surface area contributed by atoms with Gasteiger partial charge in [-0.1, -0.05) is 33.6 Å². The molecule has 5 nitrogen and oxygen atoms in total. The summed E-state index contributed by atoms with van der Waals surface area (Å²) in [6, 6.07) is 12.7. The van der Waals surface area contributed by atoms with E-state index >= 15 is 0 Å². The lowest BCUT2D eigenvalue weighted by Gasteiger charge is -2.11. The van der Waals surface area contributed by atoms with Crippen LogP contribution >= 0.6 is 46.7 Å². The van der Waals surface area contributed by atoms with E-state index in [1.807, 2.05) is 6.20 Å². The van der Waals surface area contributed by atoms with Crippen molar-refractivity contribution < 1.29 is 14.5 Å². The summed E-state index contributed by atoms with van der Waals surface area (Å²) in [6.45, 7) is 0. The van der Waals surface area contributed by atoms with Gasteiger partial charge < -0.3 is 0 Å². The van der Waals surface area contributed by atoms with Gasteiger partial charge in [0.15, 0.2) is 11.6 Å². The molecule has 9 heteroatoms. The molecule has 0 fully saturated rings. The molecule has 0 aromatic heterocycles. The van der Waals surface area contributed by atoms with Crippen molar-refractivity contribution in [2.45, 2.75) is 0 Å². The molecular weight excluding hydrogens is 429 g/mol. The Morgan fingerprint density at radius 1 is 0.852 bits per heavy atom. The minimum Gasteiger partial charge on any atom is -0.297 e. The minimum absolute atomic E-state index is 0.0139. The van der Waals surface area contributed by atoms with Crippen molar-refractivity contribution in [2.75, 3.05) is 11.5 Å². The zero-order chi connectivity index (χ0) is 19.8. The first-order chi connectivity index (χ1) is 12.8. The van der Waals surface area contributed by atoms with E-state index in [0.29, 0.717) is 21.2 Å². The summed E-state index contributed by atoms with van der Waals surface area (Å²) in [5, 5.41) is 11.8. The van der Waals surface area contributed by atoms with Crippen molar-refractivity contribution in [3.8, 4) is 0 Å². The van der Waals surface area contributed by atoms with Gasteiger partial charge in [-0.15, -0.1) is 28.4 Å². The molecule has 0 aliphatic heterocycles. The summed E-state index contributed by atoms with van der Waals surface area (Å²) in [7, 11) is 0. The van der Waals surface area contributed by atoms with Crippen LogP contribution in [0.1, 0.15) is 20.7 Å². The summed E-state index contributed by atoms with van der Waals surface area (Å²) in [4.78, 5) is 34.4. The predicted octanol–water partition coefficient (Wildman–Crippen LogP) is 5.40. The number of ketones is 2. The fraction of sp³-hybridized carbons (Fsp3) is 0.111. The van der Waals surface area contributed by atoms with Crippen molar-refractivity contribution in [3.05, 3.63) is 90.3 Å². The molecule has 0 heterocycles. The highest BCUT2D eigenvalue weighted by molar-refractivity contribution is 8.22. The first-order valence-corrected chi connectivity index (χ1v) is 10.2. The van der Waals surface area contributed by atoms with Crippen LogP contribution in [0.15, 0.2) is 52.8 Å². The van der Waals surface area contributed by atoms with E-state index in [2.05, 4.69) is 0 Å². The molecule has 140 valence electrons. The van der Waals surface area contributed by atoms with Crippen LogP contribution in [-0.2, 0) is 0 Å². The normalized spacial score (nSPS) is 10.3. The standard InChI is InChI=1S/C18H12Cl2NO4S2/c19-14-5-1-12(2-6-14)16(22)10-26-18(9-21(24)25)27-11-17(23)13-3-7-15(20)8-4-13/h1-8H,10-11H2/q-1. The fourth-order valence-corrected chi connectivity index (χ4v) is 3.96. The SMILES string of the molecule is O=C(CSC(=[C-][N+](=O)[O-])SCC(=O)c1ccc(Cl)cc1)c1ccc(Cl)cc1. The molecule has 0 bridgehead atoms. The van der Waals surface area contributed by atoms with Gasteiger partial charge in [-0.05, 0) is 48.5 Å². The number of thioether (sulfide) groups is 2. The molecule has 27 heavy (non-hydrogen) atoms. The fourth-order valence-electron chi connectivity index (χ4n) is 1.88. The predicted molar refractivity (Wildman–Crippen MR) is 110 cm³/mol. The zero-order valence-electron chi connectivity index (χ0n) is 13.7. The van der Waals surface area contributed by atoms with Crippen molar-refractivity contribution in [2.24, 2.45) is 0 Å². The Labute approximate surface area is 174 Å². The number of Topliss-reactive ketones (excluding diaryl/α,β-unsaturated/α-hetero) is 2. The number of carbonyl (C=O) groups excluding carboxylic acids is 2. The van der Waals surface area contributed by atoms with E-state index in [0.717, 1.165) is 23.5 Å². The second-order valence-electron chi connectivity index (χ2n) is 5.09. The van der Waals surface area contributed by atoms with Gasteiger partial charge in [0, 0.05) is 21.2 Å². The Kier molecular flexibility index (Phi) is 8.37. The summed E-state index contributed by atoms with van der Waals surface area (Å²) >= 11 is 13.5. The number of halogens is 2. The molecule has 0 amide bonds. The monoisotopic (exact) mass is 440 g/mol. The van der Waals surface area contributed by atoms with Crippen molar-refractivity contribution in [1.29, 1.82) is 0 Å². The van der Waals surface area contributed by atoms with Crippen LogP contribution in [0.2, 0.25) is 10.0 Å². The van der Waals surface area contributed by atoms with Gasteiger partial charge in [0.05, 0.1) is 11.5 Å². The van der Waals surface area contributed by atoms with Gasteiger partial charge in [0.2, 0.25) is 0 Å². The molecule has 0 saturated carbocycles. The molecule has 0 aliphatic carbocycles. The maximum absolute atomic E-state index is 12.2. The van der Waals surface area contributed by atoms with Gasteiger partial charge in [0.25, 0.3) is 0 Å². The summed E-state index contributed by atoms with van der Waals surface area (Å²) in [5.41, 5.74) is 0.907. The lowest BCUT2D eigenvalue weighted by molar-refractivity contribution is -0.419. The van der Waals surface area contributed by atoms with Crippen molar-refractivity contribution in [1.82, 2.24) is 0 Å². The Balaban J connectivity index is 1.95. The number of benzene rings is 2. The second-order valence-corrected chi connectivity index (χ2v) is 8.20. The molecule has 2 aromatic carbocycles. The van der Waals surface area contributed by atoms with Crippen molar-refractivity contribution in [3.63, 3.8) is 0 Å². The van der Waals surface area contributed by atoms with E-state index in [4.69, 9.17) is 23.2 Å². The molecule has 0 unspecified atom stereocenters. The smallest absolute Gasteiger partial charge is 0.172 e. The third-order valence-electron chi connectivity index (χ3n) is 3.18. The third kappa shape index (κ3) is 7.38. The Morgan fingerprint density at radius 2 is 1.22 bits per heavy atom. The first-order valence-electron chi connectivity index (χ1n) is 7.46. The van der Waals surface area contributed by atoms with E-state index < -0.39 is 4.92 Å². The third-order valence-corrected chi connectivity index (χ3v) is 5.91. The highest BCUT2D eigenvalue weighted by atomic mass is 35.5. The molecule has 0 radical (unpaired) electrons. The number of rotatable bonds is 9. The van der Waals surface area contributed by atoms with Gasteiger partial charge in [0.1, 0.15) is 0 Å². The topological polar surface area (TPSA) is 77.3 Å². The molecule has 0 aliphatic rings. The molecule has 2 rings (SSSR count). The van der Waals surface area contributed by atoms with Crippen LogP contribution in [0.25, 0.3) is 0 Å². The van der Waals surface area contributed by atoms with Gasteiger partial charge in [-0.3, -0.25) is 19.7 Å². The molecule has 2 aromatic rings. The molecule has 0 saturated heterocycles. The molecule has 0 N–H and O–H groups in total. The lowest BCUT2D eigenvalue weighted by Crippen LogP contribution is -2.04. The van der Waals surface area contributed by atoms with Gasteiger partial charge in [-0.2, -0.15) is 0 Å². The van der Waals surface area contributed by atoms with Crippen molar-refractivity contribution >= 4 is 58.3 Å². The Hall–Kier alpha value is -1.80. The summed E-state index contributed by atoms with van der Waals surface area (Å²) in [6.07, 6.45) is 2.03. The number of hydrogen-bond acceptors (Lipinski definition) is 6. The van der Waals surface area contributed by atoms with Crippen LogP contribution in [0.3, 0.4) is 0 Å². The molecular formula is C18H12Cl2NO4S2-. The highest BCUT2D eigenvalue weighted by Crippen LogP contribution is 2.29. The average molecular weight is 441 g/mol. The number of nitro groups is 1. The average Bonchev–Trinajstić information content (AvgIpc) is 2.64. The number of nitrogens with zero attached hydrogens (tertiary/aromatic N) is 1. The quantitative estimate of drug-likeness (QED) is 0.170. The van der Waals surface area contributed by atoms with E-state index in [1.165, 1.54) is 0 Å². The Morgan fingerprint density at radius 3 is 1.56 bits per heavy atom. The molecule has 0 spiro atoms. The van der Waals surface area contributed by atoms with Crippen LogP contribution in [0, 0.1) is 16.3 Å². The Bertz CT molecular complexity index is 804. The summed E-state index contributed by atoms with van der Waals surface area (Å²) < 4.78 is 0.157.